The molecule has 1 atom stereocenters. The van der Waals surface area contributed by atoms with E-state index in [9.17, 15) is 4.79 Å². The maximum absolute atomic E-state index is 12.2. The first kappa shape index (κ1) is 13.5. The molecule has 1 aromatic rings. The fourth-order valence-electron chi connectivity index (χ4n) is 3.39. The van der Waals surface area contributed by atoms with E-state index in [1.165, 1.54) is 11.3 Å². The van der Waals surface area contributed by atoms with Gasteiger partial charge in [-0.2, -0.15) is 0 Å². The lowest BCUT2D eigenvalue weighted by Gasteiger charge is -2.47. The minimum atomic E-state index is 0.0225. The van der Waals surface area contributed by atoms with E-state index in [0.29, 0.717) is 18.5 Å². The van der Waals surface area contributed by atoms with E-state index in [1.54, 1.807) is 0 Å². The SMILES string of the molecule is CC1CC(C)(C)N(CC(=O)NC2CC2)c2ccccc21. The quantitative estimate of drug-likeness (QED) is 0.917. The number of hydrogen-bond acceptors (Lipinski definition) is 2. The molecule has 0 bridgehead atoms. The predicted molar refractivity (Wildman–Crippen MR) is 82.1 cm³/mol. The van der Waals surface area contributed by atoms with E-state index in [0.717, 1.165) is 19.3 Å². The van der Waals surface area contributed by atoms with E-state index in [-0.39, 0.29) is 11.4 Å². The third-order valence-corrected chi connectivity index (χ3v) is 4.54. The van der Waals surface area contributed by atoms with E-state index in [1.807, 2.05) is 0 Å². The summed E-state index contributed by atoms with van der Waals surface area (Å²) in [5, 5.41) is 3.10. The van der Waals surface area contributed by atoms with Crippen molar-refractivity contribution in [3.8, 4) is 0 Å². The number of nitrogens with one attached hydrogen (secondary N) is 1. The van der Waals surface area contributed by atoms with Gasteiger partial charge in [-0.1, -0.05) is 25.1 Å². The van der Waals surface area contributed by atoms with Crippen LogP contribution in [-0.2, 0) is 4.79 Å². The number of benzene rings is 1. The Balaban J connectivity index is 1.86. The second-order valence-electron chi connectivity index (χ2n) is 6.90. The molecular formula is C17H24N2O. The highest BCUT2D eigenvalue weighted by atomic mass is 16.2. The van der Waals surface area contributed by atoms with Gasteiger partial charge in [0.15, 0.2) is 0 Å². The van der Waals surface area contributed by atoms with E-state index in [4.69, 9.17) is 0 Å². The van der Waals surface area contributed by atoms with Crippen molar-refractivity contribution in [3.63, 3.8) is 0 Å². The molecule has 1 heterocycles. The molecule has 1 amide bonds. The maximum Gasteiger partial charge on any atom is 0.239 e. The summed E-state index contributed by atoms with van der Waals surface area (Å²) in [6.45, 7) is 7.23. The van der Waals surface area contributed by atoms with Crippen LogP contribution in [0.1, 0.15) is 51.5 Å². The number of para-hydroxylation sites is 1. The Hall–Kier alpha value is -1.51. The minimum absolute atomic E-state index is 0.0225. The Kier molecular flexibility index (Phi) is 3.23. The smallest absolute Gasteiger partial charge is 0.239 e. The minimum Gasteiger partial charge on any atom is -0.357 e. The van der Waals surface area contributed by atoms with Crippen LogP contribution in [0, 0.1) is 0 Å². The van der Waals surface area contributed by atoms with Crippen molar-refractivity contribution in [2.75, 3.05) is 11.4 Å². The second-order valence-corrected chi connectivity index (χ2v) is 6.90. The normalized spacial score (nSPS) is 24.1. The molecule has 0 spiro atoms. The second kappa shape index (κ2) is 4.80. The first-order valence-corrected chi connectivity index (χ1v) is 7.63. The third-order valence-electron chi connectivity index (χ3n) is 4.54. The number of anilines is 1. The van der Waals surface area contributed by atoms with Gasteiger partial charge in [0.25, 0.3) is 0 Å². The largest absolute Gasteiger partial charge is 0.357 e. The molecule has 108 valence electrons. The molecule has 1 aliphatic carbocycles. The molecule has 3 heteroatoms. The highest BCUT2D eigenvalue weighted by molar-refractivity contribution is 5.83. The van der Waals surface area contributed by atoms with Gasteiger partial charge in [0.1, 0.15) is 0 Å². The van der Waals surface area contributed by atoms with E-state index in [2.05, 4.69) is 55.3 Å². The van der Waals surface area contributed by atoms with Crippen LogP contribution in [-0.4, -0.2) is 24.0 Å². The number of hydrogen-bond donors (Lipinski definition) is 1. The number of rotatable bonds is 3. The average molecular weight is 272 g/mol. The van der Waals surface area contributed by atoms with Gasteiger partial charge in [-0.15, -0.1) is 0 Å². The van der Waals surface area contributed by atoms with Crippen molar-refractivity contribution < 1.29 is 4.79 Å². The maximum atomic E-state index is 12.2. The molecule has 0 saturated heterocycles. The number of carbonyl (C=O) groups is 1. The van der Waals surface area contributed by atoms with Crippen molar-refractivity contribution in [2.45, 2.75) is 57.5 Å². The lowest BCUT2D eigenvalue weighted by molar-refractivity contribution is -0.120. The molecule has 1 N–H and O–H groups in total. The van der Waals surface area contributed by atoms with Gasteiger partial charge in [0.2, 0.25) is 5.91 Å². The van der Waals surface area contributed by atoms with Crippen LogP contribution in [0.3, 0.4) is 0 Å². The first-order chi connectivity index (χ1) is 9.47. The summed E-state index contributed by atoms with van der Waals surface area (Å²) >= 11 is 0. The highest BCUT2D eigenvalue weighted by Gasteiger charge is 2.37. The van der Waals surface area contributed by atoms with Crippen molar-refractivity contribution in [3.05, 3.63) is 29.8 Å². The van der Waals surface area contributed by atoms with E-state index < -0.39 is 0 Å². The van der Waals surface area contributed by atoms with Crippen LogP contribution in [0.4, 0.5) is 5.69 Å². The molecule has 2 aliphatic rings. The third kappa shape index (κ3) is 2.54. The average Bonchev–Trinajstić information content (AvgIpc) is 3.18. The lowest BCUT2D eigenvalue weighted by atomic mass is 9.80. The van der Waals surface area contributed by atoms with Crippen LogP contribution in [0.2, 0.25) is 0 Å². The van der Waals surface area contributed by atoms with Crippen LogP contribution in [0.5, 0.6) is 0 Å². The zero-order valence-corrected chi connectivity index (χ0v) is 12.6. The van der Waals surface area contributed by atoms with Gasteiger partial charge in [-0.05, 0) is 50.7 Å². The van der Waals surface area contributed by atoms with Gasteiger partial charge in [0, 0.05) is 17.3 Å². The fourth-order valence-corrected chi connectivity index (χ4v) is 3.39. The number of carbonyl (C=O) groups excluding carboxylic acids is 1. The molecule has 20 heavy (non-hydrogen) atoms. The highest BCUT2D eigenvalue weighted by Crippen LogP contribution is 2.42. The molecule has 3 nitrogen and oxygen atoms in total. The molecular weight excluding hydrogens is 248 g/mol. The van der Waals surface area contributed by atoms with Gasteiger partial charge < -0.3 is 10.2 Å². The number of amides is 1. The van der Waals surface area contributed by atoms with Crippen molar-refractivity contribution in [1.29, 1.82) is 0 Å². The predicted octanol–water partition coefficient (Wildman–Crippen LogP) is 3.06. The molecule has 3 rings (SSSR count). The summed E-state index contributed by atoms with van der Waals surface area (Å²) in [5.41, 5.74) is 2.61. The number of fused-ring (bicyclic) bond motifs is 1. The summed E-state index contributed by atoms with van der Waals surface area (Å²) < 4.78 is 0. The Morgan fingerprint density at radius 2 is 2.05 bits per heavy atom. The first-order valence-electron chi connectivity index (χ1n) is 7.63. The number of nitrogens with zero attached hydrogens (tertiary/aromatic N) is 1. The summed E-state index contributed by atoms with van der Waals surface area (Å²) in [7, 11) is 0. The molecule has 0 radical (unpaired) electrons. The molecule has 1 aliphatic heterocycles. The Morgan fingerprint density at radius 1 is 1.35 bits per heavy atom. The summed E-state index contributed by atoms with van der Waals surface area (Å²) in [6.07, 6.45) is 3.37. The van der Waals surface area contributed by atoms with Gasteiger partial charge >= 0.3 is 0 Å². The summed E-state index contributed by atoms with van der Waals surface area (Å²) in [5.74, 6) is 0.703. The van der Waals surface area contributed by atoms with Crippen LogP contribution in [0.25, 0.3) is 0 Å². The summed E-state index contributed by atoms with van der Waals surface area (Å²) in [6, 6.07) is 8.94. The Labute approximate surface area is 121 Å². The zero-order valence-electron chi connectivity index (χ0n) is 12.6. The monoisotopic (exact) mass is 272 g/mol. The lowest BCUT2D eigenvalue weighted by Crippen LogP contribution is -2.52. The molecule has 1 fully saturated rings. The van der Waals surface area contributed by atoms with Crippen molar-refractivity contribution in [1.82, 2.24) is 5.32 Å². The Bertz CT molecular complexity index is 519. The molecule has 1 aromatic carbocycles. The molecule has 0 aromatic heterocycles. The van der Waals surface area contributed by atoms with E-state index >= 15 is 0 Å². The van der Waals surface area contributed by atoms with Crippen LogP contribution >= 0.6 is 0 Å². The zero-order chi connectivity index (χ0) is 14.3. The van der Waals surface area contributed by atoms with Gasteiger partial charge in [0.05, 0.1) is 6.54 Å². The topological polar surface area (TPSA) is 32.3 Å². The van der Waals surface area contributed by atoms with Crippen molar-refractivity contribution >= 4 is 11.6 Å². The standard InChI is InChI=1S/C17H24N2O/c1-12-10-17(2,3)19(11-16(20)18-13-8-9-13)15-7-5-4-6-14(12)15/h4-7,12-13H,8-11H2,1-3H3,(H,18,20). The van der Waals surface area contributed by atoms with Crippen molar-refractivity contribution in [2.24, 2.45) is 0 Å². The molecule has 1 unspecified atom stereocenters. The van der Waals surface area contributed by atoms with Crippen LogP contribution < -0.4 is 10.2 Å². The van der Waals surface area contributed by atoms with Gasteiger partial charge in [-0.25, -0.2) is 0 Å². The summed E-state index contributed by atoms with van der Waals surface area (Å²) in [4.78, 5) is 14.5. The Morgan fingerprint density at radius 3 is 2.75 bits per heavy atom. The van der Waals surface area contributed by atoms with Crippen LogP contribution in [0.15, 0.2) is 24.3 Å². The molecule has 1 saturated carbocycles. The fraction of sp³-hybridized carbons (Fsp3) is 0.588. The van der Waals surface area contributed by atoms with Gasteiger partial charge in [-0.3, -0.25) is 4.79 Å².